The third-order valence-electron chi connectivity index (χ3n) is 6.60. The Morgan fingerprint density at radius 3 is 2.56 bits per heavy atom. The Kier molecular flexibility index (Phi) is 7.12. The van der Waals surface area contributed by atoms with E-state index in [1.165, 1.54) is 0 Å². The van der Waals surface area contributed by atoms with Gasteiger partial charge in [-0.3, -0.25) is 4.98 Å². The Hall–Kier alpha value is -2.68. The molecule has 0 bridgehead atoms. The van der Waals surface area contributed by atoms with Gasteiger partial charge in [0.2, 0.25) is 0 Å². The molecule has 182 valence electrons. The summed E-state index contributed by atoms with van der Waals surface area (Å²) in [4.78, 5) is 9.85. The summed E-state index contributed by atoms with van der Waals surface area (Å²) < 4.78 is 24.7. The van der Waals surface area contributed by atoms with Crippen LogP contribution in [0.5, 0.6) is 5.75 Å². The number of aromatic nitrogens is 4. The summed E-state index contributed by atoms with van der Waals surface area (Å²) in [6, 6.07) is 4.25. The maximum absolute atomic E-state index is 5.84. The summed E-state index contributed by atoms with van der Waals surface area (Å²) in [7, 11) is 3.43. The van der Waals surface area contributed by atoms with Crippen LogP contribution in [0.25, 0.3) is 33.1 Å². The number of halogens is 1. The number of hydrogen-bond donors (Lipinski definition) is 0. The minimum Gasteiger partial charge on any atom is -0.496 e. The second kappa shape index (κ2) is 9.90. The summed E-state index contributed by atoms with van der Waals surface area (Å²) in [5, 5.41) is 5.13. The van der Waals surface area contributed by atoms with Crippen LogP contribution in [0.3, 0.4) is 0 Å². The first-order valence-corrected chi connectivity index (χ1v) is 11.4. The standard InChI is InChI=1S/C25H30N4O4.ClH/c1-14(13-30-4)29-24-18-11-22(31-5)19(23-15(2)28-33-16(23)3)10-20(18)26-12-21(24)27-25(29)17-6-8-32-9-7-17;/h10-12,14,17H,6-9,13H2,1-5H3;1H. The Labute approximate surface area is 205 Å². The average molecular weight is 487 g/mol. The second-order valence-corrected chi connectivity index (χ2v) is 8.79. The van der Waals surface area contributed by atoms with E-state index in [4.69, 9.17) is 28.7 Å². The van der Waals surface area contributed by atoms with Gasteiger partial charge in [-0.05, 0) is 45.7 Å². The van der Waals surface area contributed by atoms with Gasteiger partial charge in [-0.25, -0.2) is 4.98 Å². The molecule has 1 unspecified atom stereocenters. The molecule has 1 aliphatic rings. The second-order valence-electron chi connectivity index (χ2n) is 8.79. The van der Waals surface area contributed by atoms with Gasteiger partial charge in [-0.2, -0.15) is 0 Å². The summed E-state index contributed by atoms with van der Waals surface area (Å²) in [6.07, 6.45) is 3.81. The lowest BCUT2D eigenvalue weighted by Gasteiger charge is -2.25. The van der Waals surface area contributed by atoms with E-state index in [-0.39, 0.29) is 18.4 Å². The number of imidazole rings is 1. The molecule has 0 spiro atoms. The van der Waals surface area contributed by atoms with Crippen LogP contribution in [0, 0.1) is 13.8 Å². The molecule has 0 aliphatic carbocycles. The zero-order valence-corrected chi connectivity index (χ0v) is 21.1. The maximum Gasteiger partial charge on any atom is 0.141 e. The van der Waals surface area contributed by atoms with Gasteiger partial charge in [-0.15, -0.1) is 12.4 Å². The molecule has 1 atom stereocenters. The zero-order chi connectivity index (χ0) is 23.1. The van der Waals surface area contributed by atoms with E-state index in [1.807, 2.05) is 20.0 Å². The van der Waals surface area contributed by atoms with Crippen LogP contribution in [0.2, 0.25) is 0 Å². The Morgan fingerprint density at radius 1 is 1.15 bits per heavy atom. The number of nitrogens with zero attached hydrogens (tertiary/aromatic N) is 4. The molecular weight excluding hydrogens is 456 g/mol. The van der Waals surface area contributed by atoms with Gasteiger partial charge in [0.25, 0.3) is 0 Å². The molecule has 1 fully saturated rings. The molecule has 1 aliphatic heterocycles. The highest BCUT2D eigenvalue weighted by atomic mass is 35.5. The van der Waals surface area contributed by atoms with Crippen molar-refractivity contribution in [2.45, 2.75) is 45.6 Å². The summed E-state index contributed by atoms with van der Waals surface area (Å²) >= 11 is 0. The lowest BCUT2D eigenvalue weighted by Crippen LogP contribution is -2.21. The fourth-order valence-corrected chi connectivity index (χ4v) is 5.06. The fourth-order valence-electron chi connectivity index (χ4n) is 5.06. The van der Waals surface area contributed by atoms with Crippen molar-refractivity contribution in [1.82, 2.24) is 19.7 Å². The zero-order valence-electron chi connectivity index (χ0n) is 20.3. The van der Waals surface area contributed by atoms with E-state index in [0.29, 0.717) is 12.5 Å². The molecule has 0 radical (unpaired) electrons. The number of methoxy groups -OCH3 is 2. The van der Waals surface area contributed by atoms with Crippen molar-refractivity contribution < 1.29 is 18.7 Å². The molecule has 1 saturated heterocycles. The molecule has 1 aromatic carbocycles. The van der Waals surface area contributed by atoms with Gasteiger partial charge in [0.1, 0.15) is 22.9 Å². The lowest BCUT2D eigenvalue weighted by atomic mass is 9.99. The van der Waals surface area contributed by atoms with Crippen molar-refractivity contribution in [2.75, 3.05) is 34.0 Å². The van der Waals surface area contributed by atoms with Crippen molar-refractivity contribution in [2.24, 2.45) is 0 Å². The lowest BCUT2D eigenvalue weighted by molar-refractivity contribution is 0.0817. The monoisotopic (exact) mass is 486 g/mol. The maximum atomic E-state index is 5.84. The SMILES string of the molecule is COCC(C)n1c(C2CCOCC2)nc2cnc3cc(-c4c(C)noc4C)c(OC)cc3c21.Cl. The quantitative estimate of drug-likeness (QED) is 0.361. The number of ether oxygens (including phenoxy) is 3. The van der Waals surface area contributed by atoms with Crippen LogP contribution in [0.1, 0.15) is 49.0 Å². The molecule has 0 N–H and O–H groups in total. The third-order valence-corrected chi connectivity index (χ3v) is 6.60. The van der Waals surface area contributed by atoms with Gasteiger partial charge >= 0.3 is 0 Å². The number of benzene rings is 1. The largest absolute Gasteiger partial charge is 0.496 e. The first-order chi connectivity index (χ1) is 16.0. The third kappa shape index (κ3) is 4.04. The predicted octanol–water partition coefficient (Wildman–Crippen LogP) is 5.39. The van der Waals surface area contributed by atoms with Crippen molar-refractivity contribution in [3.63, 3.8) is 0 Å². The summed E-state index contributed by atoms with van der Waals surface area (Å²) in [5.41, 5.74) is 5.52. The normalized spacial score (nSPS) is 15.6. The number of fused-ring (bicyclic) bond motifs is 3. The molecule has 4 heterocycles. The minimum atomic E-state index is 0. The average Bonchev–Trinajstić information content (AvgIpc) is 3.38. The molecule has 0 amide bonds. The minimum absolute atomic E-state index is 0. The van der Waals surface area contributed by atoms with Crippen LogP contribution < -0.4 is 4.74 Å². The van der Waals surface area contributed by atoms with Crippen molar-refractivity contribution in [1.29, 1.82) is 0 Å². The molecule has 0 saturated carbocycles. The van der Waals surface area contributed by atoms with Crippen molar-refractivity contribution in [3.8, 4) is 16.9 Å². The number of rotatable bonds is 6. The molecule has 5 rings (SSSR count). The van der Waals surface area contributed by atoms with Crippen molar-refractivity contribution >= 4 is 34.3 Å². The molecule has 3 aromatic heterocycles. The van der Waals surface area contributed by atoms with Crippen LogP contribution >= 0.6 is 12.4 Å². The van der Waals surface area contributed by atoms with Crippen LogP contribution in [0.4, 0.5) is 0 Å². The van der Waals surface area contributed by atoms with Gasteiger partial charge in [0.05, 0.1) is 48.2 Å². The van der Waals surface area contributed by atoms with Crippen LogP contribution in [-0.2, 0) is 9.47 Å². The number of hydrogen-bond acceptors (Lipinski definition) is 7. The van der Waals surface area contributed by atoms with E-state index >= 15 is 0 Å². The number of aryl methyl sites for hydroxylation is 2. The molecule has 34 heavy (non-hydrogen) atoms. The van der Waals surface area contributed by atoms with E-state index in [1.54, 1.807) is 14.2 Å². The van der Waals surface area contributed by atoms with E-state index < -0.39 is 0 Å². The van der Waals surface area contributed by atoms with E-state index in [0.717, 1.165) is 82.1 Å². The number of pyridine rings is 1. The van der Waals surface area contributed by atoms with Gasteiger partial charge < -0.3 is 23.3 Å². The highest BCUT2D eigenvalue weighted by molar-refractivity contribution is 6.05. The van der Waals surface area contributed by atoms with Crippen LogP contribution in [-0.4, -0.2) is 53.7 Å². The first-order valence-electron chi connectivity index (χ1n) is 11.4. The smallest absolute Gasteiger partial charge is 0.141 e. The molecular formula is C25H31ClN4O4. The van der Waals surface area contributed by atoms with E-state index in [9.17, 15) is 0 Å². The van der Waals surface area contributed by atoms with E-state index in [2.05, 4.69) is 28.8 Å². The van der Waals surface area contributed by atoms with Crippen molar-refractivity contribution in [3.05, 3.63) is 35.6 Å². The first kappa shape index (κ1) is 24.4. The fraction of sp³-hybridized carbons (Fsp3) is 0.480. The Balaban J connectivity index is 0.00000274. The predicted molar refractivity (Wildman–Crippen MR) is 133 cm³/mol. The van der Waals surface area contributed by atoms with Gasteiger partial charge in [0.15, 0.2) is 0 Å². The van der Waals surface area contributed by atoms with Crippen LogP contribution in [0.15, 0.2) is 22.9 Å². The summed E-state index contributed by atoms with van der Waals surface area (Å²) in [6.45, 7) is 8.15. The molecule has 9 heteroatoms. The molecule has 8 nitrogen and oxygen atoms in total. The van der Waals surface area contributed by atoms with Gasteiger partial charge in [-0.1, -0.05) is 5.16 Å². The Morgan fingerprint density at radius 2 is 1.91 bits per heavy atom. The highest BCUT2D eigenvalue weighted by Crippen LogP contribution is 2.40. The molecule has 4 aromatic rings. The highest BCUT2D eigenvalue weighted by Gasteiger charge is 2.27. The Bertz CT molecular complexity index is 1290. The summed E-state index contributed by atoms with van der Waals surface area (Å²) in [5.74, 6) is 2.95. The van der Waals surface area contributed by atoms with Gasteiger partial charge in [0, 0.05) is 37.2 Å². The topological polar surface area (TPSA) is 84.4 Å².